The fraction of sp³-hybridized carbons (Fsp3) is 0.625. The first-order chi connectivity index (χ1) is 8.79. The van der Waals surface area contributed by atoms with E-state index < -0.39 is 0 Å². The van der Waals surface area contributed by atoms with Crippen LogP contribution in [0.15, 0.2) is 24.3 Å². The molecule has 0 atom stereocenters. The number of nitrogens with two attached hydrogens (primary N) is 1. The van der Waals surface area contributed by atoms with Crippen molar-refractivity contribution in [1.29, 1.82) is 0 Å². The van der Waals surface area contributed by atoms with Gasteiger partial charge in [0.1, 0.15) is 0 Å². The summed E-state index contributed by atoms with van der Waals surface area (Å²) in [6.45, 7) is 5.26. The Morgan fingerprint density at radius 2 is 2.06 bits per heavy atom. The van der Waals surface area contributed by atoms with Gasteiger partial charge in [-0.15, -0.1) is 0 Å². The molecule has 0 bridgehead atoms. The maximum absolute atomic E-state index is 5.67. The lowest BCUT2D eigenvalue weighted by Gasteiger charge is -2.28. The van der Waals surface area contributed by atoms with Gasteiger partial charge < -0.3 is 10.6 Å². The fourth-order valence-corrected chi connectivity index (χ4v) is 2.94. The molecule has 100 valence electrons. The molecule has 0 heterocycles. The summed E-state index contributed by atoms with van der Waals surface area (Å²) in [5.41, 5.74) is 8.38. The van der Waals surface area contributed by atoms with Crippen LogP contribution >= 0.6 is 0 Å². The molecule has 2 nitrogen and oxygen atoms in total. The number of aryl methyl sites for hydroxylation is 1. The average Bonchev–Trinajstić information content (AvgIpc) is 2.87. The highest BCUT2D eigenvalue weighted by Gasteiger charge is 2.18. The van der Waals surface area contributed by atoms with Crippen molar-refractivity contribution in [3.05, 3.63) is 29.8 Å². The zero-order valence-corrected chi connectivity index (χ0v) is 11.6. The van der Waals surface area contributed by atoms with Gasteiger partial charge in [0.2, 0.25) is 0 Å². The average molecular weight is 246 g/mol. The molecule has 2 N–H and O–H groups in total. The first-order valence-corrected chi connectivity index (χ1v) is 7.31. The molecule has 0 aromatic heterocycles. The highest BCUT2D eigenvalue weighted by Crippen LogP contribution is 2.27. The Morgan fingerprint density at radius 3 is 2.72 bits per heavy atom. The zero-order chi connectivity index (χ0) is 12.8. The Balaban J connectivity index is 2.03. The molecule has 2 heteroatoms. The molecule has 0 saturated heterocycles. The van der Waals surface area contributed by atoms with Crippen LogP contribution in [0, 0.1) is 12.8 Å². The van der Waals surface area contributed by atoms with Crippen molar-refractivity contribution in [3.8, 4) is 0 Å². The van der Waals surface area contributed by atoms with Crippen molar-refractivity contribution in [2.45, 2.75) is 39.0 Å². The summed E-state index contributed by atoms with van der Waals surface area (Å²) in [4.78, 5) is 2.54. The largest absolute Gasteiger partial charge is 0.371 e. The van der Waals surface area contributed by atoms with Gasteiger partial charge in [-0.3, -0.25) is 0 Å². The summed E-state index contributed by atoms with van der Waals surface area (Å²) >= 11 is 0. The first kappa shape index (κ1) is 13.4. The van der Waals surface area contributed by atoms with Crippen molar-refractivity contribution >= 4 is 5.69 Å². The van der Waals surface area contributed by atoms with E-state index in [2.05, 4.69) is 36.1 Å². The number of rotatable bonds is 6. The van der Waals surface area contributed by atoms with Gasteiger partial charge in [0.15, 0.2) is 0 Å². The molecule has 1 aliphatic rings. The van der Waals surface area contributed by atoms with E-state index in [-0.39, 0.29) is 0 Å². The van der Waals surface area contributed by atoms with Gasteiger partial charge in [-0.05, 0) is 56.3 Å². The van der Waals surface area contributed by atoms with Crippen molar-refractivity contribution in [2.75, 3.05) is 24.5 Å². The quantitative estimate of drug-likeness (QED) is 0.834. The molecule has 1 aromatic rings. The zero-order valence-electron chi connectivity index (χ0n) is 11.6. The lowest BCUT2D eigenvalue weighted by Crippen LogP contribution is -2.30. The van der Waals surface area contributed by atoms with E-state index in [0.717, 1.165) is 25.4 Å². The van der Waals surface area contributed by atoms with Crippen LogP contribution in [0.3, 0.4) is 0 Å². The molecule has 18 heavy (non-hydrogen) atoms. The lowest BCUT2D eigenvalue weighted by molar-refractivity contribution is 0.527. The number of nitrogens with zero attached hydrogens (tertiary/aromatic N) is 1. The van der Waals surface area contributed by atoms with Crippen LogP contribution in [0.1, 0.15) is 37.7 Å². The summed E-state index contributed by atoms with van der Waals surface area (Å²) in [6, 6.07) is 8.86. The van der Waals surface area contributed by atoms with E-state index >= 15 is 0 Å². The van der Waals surface area contributed by atoms with E-state index in [4.69, 9.17) is 5.73 Å². The number of hydrogen-bond donors (Lipinski definition) is 1. The van der Waals surface area contributed by atoms with Gasteiger partial charge in [-0.1, -0.05) is 25.0 Å². The van der Waals surface area contributed by atoms with Crippen LogP contribution in [0.2, 0.25) is 0 Å². The third-order valence-electron chi connectivity index (χ3n) is 3.95. The van der Waals surface area contributed by atoms with E-state index in [9.17, 15) is 0 Å². The number of benzene rings is 1. The maximum atomic E-state index is 5.67. The number of hydrogen-bond acceptors (Lipinski definition) is 2. The predicted octanol–water partition coefficient (Wildman–Crippen LogP) is 3.34. The Morgan fingerprint density at radius 1 is 1.28 bits per heavy atom. The molecule has 0 radical (unpaired) electrons. The second kappa shape index (κ2) is 6.79. The fourth-order valence-electron chi connectivity index (χ4n) is 2.94. The van der Waals surface area contributed by atoms with Crippen LogP contribution in [0.25, 0.3) is 0 Å². The number of anilines is 1. The van der Waals surface area contributed by atoms with Crippen molar-refractivity contribution < 1.29 is 0 Å². The second-order valence-electron chi connectivity index (χ2n) is 5.58. The highest BCUT2D eigenvalue weighted by atomic mass is 15.1. The van der Waals surface area contributed by atoms with Crippen molar-refractivity contribution in [1.82, 2.24) is 0 Å². The summed E-state index contributed by atoms with van der Waals surface area (Å²) in [7, 11) is 0. The van der Waals surface area contributed by atoms with E-state index in [1.807, 2.05) is 0 Å². The first-order valence-electron chi connectivity index (χ1n) is 7.31. The molecule has 2 rings (SSSR count). The van der Waals surface area contributed by atoms with Crippen LogP contribution < -0.4 is 10.6 Å². The van der Waals surface area contributed by atoms with Gasteiger partial charge in [0, 0.05) is 18.8 Å². The minimum absolute atomic E-state index is 0.785. The minimum Gasteiger partial charge on any atom is -0.371 e. The van der Waals surface area contributed by atoms with Crippen molar-refractivity contribution in [3.63, 3.8) is 0 Å². The van der Waals surface area contributed by atoms with Crippen LogP contribution in [0.4, 0.5) is 5.69 Å². The van der Waals surface area contributed by atoms with E-state index in [1.165, 1.54) is 43.5 Å². The topological polar surface area (TPSA) is 29.3 Å². The van der Waals surface area contributed by atoms with Gasteiger partial charge >= 0.3 is 0 Å². The second-order valence-corrected chi connectivity index (χ2v) is 5.58. The van der Waals surface area contributed by atoms with E-state index in [0.29, 0.717) is 0 Å². The minimum atomic E-state index is 0.785. The SMILES string of the molecule is Cc1cccc(N(CCCN)CC2CCCC2)c1. The molecule has 0 aliphatic heterocycles. The standard InChI is InChI=1S/C16H26N2/c1-14-6-4-9-16(12-14)18(11-5-10-17)13-15-7-2-3-8-15/h4,6,9,12,15H,2-3,5,7-8,10-11,13,17H2,1H3. The molecular weight excluding hydrogens is 220 g/mol. The third-order valence-corrected chi connectivity index (χ3v) is 3.95. The smallest absolute Gasteiger partial charge is 0.0368 e. The van der Waals surface area contributed by atoms with Gasteiger partial charge in [-0.2, -0.15) is 0 Å². The molecule has 1 saturated carbocycles. The Kier molecular flexibility index (Phi) is 5.06. The van der Waals surface area contributed by atoms with Gasteiger partial charge in [0.25, 0.3) is 0 Å². The predicted molar refractivity (Wildman–Crippen MR) is 79.0 cm³/mol. The molecule has 1 fully saturated rings. The summed E-state index contributed by atoms with van der Waals surface area (Å²) in [5, 5.41) is 0. The van der Waals surface area contributed by atoms with E-state index in [1.54, 1.807) is 0 Å². The third kappa shape index (κ3) is 3.74. The van der Waals surface area contributed by atoms with Gasteiger partial charge in [-0.25, -0.2) is 0 Å². The van der Waals surface area contributed by atoms with Crippen LogP contribution in [0.5, 0.6) is 0 Å². The van der Waals surface area contributed by atoms with Gasteiger partial charge in [0.05, 0.1) is 0 Å². The molecule has 0 amide bonds. The summed E-state index contributed by atoms with van der Waals surface area (Å²) in [6.07, 6.45) is 6.74. The molecule has 1 aliphatic carbocycles. The monoisotopic (exact) mass is 246 g/mol. The van der Waals surface area contributed by atoms with Crippen LogP contribution in [-0.2, 0) is 0 Å². The highest BCUT2D eigenvalue weighted by molar-refractivity contribution is 5.48. The normalized spacial score (nSPS) is 16.1. The molecule has 0 unspecified atom stereocenters. The summed E-state index contributed by atoms with van der Waals surface area (Å²) < 4.78 is 0. The Labute approximate surface area is 111 Å². The maximum Gasteiger partial charge on any atom is 0.0368 e. The Hall–Kier alpha value is -1.02. The van der Waals surface area contributed by atoms with Crippen molar-refractivity contribution in [2.24, 2.45) is 11.7 Å². The molecule has 0 spiro atoms. The molecule has 1 aromatic carbocycles. The lowest BCUT2D eigenvalue weighted by atomic mass is 10.1. The molecular formula is C16H26N2. The van der Waals surface area contributed by atoms with Crippen LogP contribution in [-0.4, -0.2) is 19.6 Å². The summed E-state index contributed by atoms with van der Waals surface area (Å²) in [5.74, 6) is 0.892. The Bertz CT molecular complexity index is 356.